The summed E-state index contributed by atoms with van der Waals surface area (Å²) < 4.78 is 62.4. The van der Waals surface area contributed by atoms with Crippen LogP contribution in [0.5, 0.6) is 0 Å². The van der Waals surface area contributed by atoms with Crippen molar-refractivity contribution in [3.05, 3.63) is 137 Å². The van der Waals surface area contributed by atoms with Crippen molar-refractivity contribution in [3.63, 3.8) is 0 Å². The summed E-state index contributed by atoms with van der Waals surface area (Å²) in [5.41, 5.74) is 6.31. The van der Waals surface area contributed by atoms with Crippen LogP contribution in [0.25, 0.3) is 23.2 Å². The van der Waals surface area contributed by atoms with Crippen LogP contribution in [0.2, 0.25) is 0 Å². The van der Waals surface area contributed by atoms with E-state index >= 15 is 13.2 Å². The lowest BCUT2D eigenvalue weighted by atomic mass is 9.54. The van der Waals surface area contributed by atoms with Gasteiger partial charge in [-0.25, -0.2) is 9.07 Å². The Bertz CT molecular complexity index is 1990. The second kappa shape index (κ2) is 11.2. The number of allylic oxidation sites excluding steroid dienone is 3. The van der Waals surface area contributed by atoms with Crippen LogP contribution < -0.4 is 0 Å². The number of fused-ring (bicyclic) bond motifs is 4. The predicted molar refractivity (Wildman–Crippen MR) is 172 cm³/mol. The first-order chi connectivity index (χ1) is 22.7. The third-order valence-electron chi connectivity index (χ3n) is 10.5. The average molecular weight is 636 g/mol. The molecule has 3 aliphatic carbocycles. The van der Waals surface area contributed by atoms with E-state index < -0.39 is 23.4 Å². The molecule has 0 spiro atoms. The van der Waals surface area contributed by atoms with Gasteiger partial charge in [-0.15, -0.1) is 10.2 Å². The molecule has 8 rings (SSSR count). The molecular weight excluding hydrogens is 602 g/mol. The SMILES string of the molecule is C[C@]12Cc3cnn(-c4ccc(F)cc4)c3C=C1CC[C@H]1C2=CC[C@@H](C(F)(F)F)[C@@H]1c1nnc(-c2ccccc2)n1Cc1ccccc1. The van der Waals surface area contributed by atoms with Gasteiger partial charge in [0.2, 0.25) is 0 Å². The fourth-order valence-corrected chi connectivity index (χ4v) is 8.21. The zero-order chi connectivity index (χ0) is 32.3. The van der Waals surface area contributed by atoms with Gasteiger partial charge >= 0.3 is 6.18 Å². The van der Waals surface area contributed by atoms with E-state index in [1.165, 1.54) is 17.7 Å². The number of rotatable bonds is 5. The summed E-state index contributed by atoms with van der Waals surface area (Å²) in [6.07, 6.45) is 3.21. The third-order valence-corrected chi connectivity index (χ3v) is 10.5. The van der Waals surface area contributed by atoms with E-state index in [4.69, 9.17) is 0 Å². The van der Waals surface area contributed by atoms with Crippen molar-refractivity contribution < 1.29 is 17.6 Å². The Balaban J connectivity index is 1.22. The zero-order valence-electron chi connectivity index (χ0n) is 25.8. The third kappa shape index (κ3) is 5.03. The first-order valence-corrected chi connectivity index (χ1v) is 16.0. The molecule has 0 bridgehead atoms. The molecule has 9 heteroatoms. The molecule has 47 heavy (non-hydrogen) atoms. The van der Waals surface area contributed by atoms with Crippen LogP contribution in [0, 0.1) is 23.1 Å². The number of halogens is 4. The number of benzene rings is 3. The maximum absolute atomic E-state index is 15.0. The molecular formula is C38H33F4N5. The second-order valence-electron chi connectivity index (χ2n) is 13.2. The summed E-state index contributed by atoms with van der Waals surface area (Å²) in [6.45, 7) is 2.54. The van der Waals surface area contributed by atoms with Gasteiger partial charge in [-0.2, -0.15) is 18.3 Å². The lowest BCUT2D eigenvalue weighted by Gasteiger charge is -2.51. The van der Waals surface area contributed by atoms with Crippen LogP contribution in [0.3, 0.4) is 0 Å². The maximum atomic E-state index is 15.0. The smallest absolute Gasteiger partial charge is 0.306 e. The van der Waals surface area contributed by atoms with Crippen molar-refractivity contribution in [1.29, 1.82) is 0 Å². The van der Waals surface area contributed by atoms with Crippen LogP contribution in [0.1, 0.15) is 54.7 Å². The van der Waals surface area contributed by atoms with Crippen molar-refractivity contribution in [3.8, 4) is 17.1 Å². The predicted octanol–water partition coefficient (Wildman–Crippen LogP) is 8.97. The Morgan fingerprint density at radius 2 is 1.64 bits per heavy atom. The lowest BCUT2D eigenvalue weighted by molar-refractivity contribution is -0.186. The number of hydrogen-bond acceptors (Lipinski definition) is 3. The summed E-state index contributed by atoms with van der Waals surface area (Å²) in [5.74, 6) is -2.17. The van der Waals surface area contributed by atoms with Gasteiger partial charge < -0.3 is 4.57 Å². The zero-order valence-corrected chi connectivity index (χ0v) is 25.8. The minimum absolute atomic E-state index is 0.108. The van der Waals surface area contributed by atoms with Gasteiger partial charge in [0.1, 0.15) is 11.6 Å². The highest BCUT2D eigenvalue weighted by Crippen LogP contribution is 2.61. The Morgan fingerprint density at radius 1 is 0.915 bits per heavy atom. The van der Waals surface area contributed by atoms with Gasteiger partial charge in [-0.1, -0.05) is 84.8 Å². The molecule has 3 aliphatic rings. The molecule has 0 N–H and O–H groups in total. The summed E-state index contributed by atoms with van der Waals surface area (Å²) >= 11 is 0. The molecule has 5 aromatic rings. The van der Waals surface area contributed by atoms with Crippen LogP contribution in [0.15, 0.2) is 108 Å². The van der Waals surface area contributed by atoms with Gasteiger partial charge in [0, 0.05) is 16.9 Å². The highest BCUT2D eigenvalue weighted by atomic mass is 19.4. The minimum atomic E-state index is -4.41. The Hall–Kier alpha value is -4.79. The van der Waals surface area contributed by atoms with Gasteiger partial charge in [-0.3, -0.25) is 0 Å². The summed E-state index contributed by atoms with van der Waals surface area (Å²) in [7, 11) is 0. The second-order valence-corrected chi connectivity index (χ2v) is 13.2. The minimum Gasteiger partial charge on any atom is -0.306 e. The topological polar surface area (TPSA) is 48.5 Å². The molecule has 1 fully saturated rings. The van der Waals surface area contributed by atoms with E-state index in [1.54, 1.807) is 12.1 Å². The van der Waals surface area contributed by atoms with E-state index in [1.807, 2.05) is 82.2 Å². The van der Waals surface area contributed by atoms with E-state index in [-0.39, 0.29) is 18.2 Å². The van der Waals surface area contributed by atoms with E-state index in [2.05, 4.69) is 28.3 Å². The molecule has 1 saturated carbocycles. The molecule has 3 aromatic carbocycles. The Morgan fingerprint density at radius 3 is 2.36 bits per heavy atom. The van der Waals surface area contributed by atoms with Gasteiger partial charge in [0.05, 0.1) is 30.0 Å². The van der Waals surface area contributed by atoms with Crippen LogP contribution in [-0.4, -0.2) is 30.7 Å². The van der Waals surface area contributed by atoms with Gasteiger partial charge in [0.15, 0.2) is 5.82 Å². The number of aromatic nitrogens is 5. The number of hydrogen-bond donors (Lipinski definition) is 0. The first kappa shape index (κ1) is 29.6. The summed E-state index contributed by atoms with van der Waals surface area (Å²) in [4.78, 5) is 0. The number of nitrogens with zero attached hydrogens (tertiary/aromatic N) is 5. The molecule has 4 atom stereocenters. The largest absolute Gasteiger partial charge is 0.392 e. The monoisotopic (exact) mass is 635 g/mol. The molecule has 0 unspecified atom stereocenters. The fraction of sp³-hybridized carbons (Fsp3) is 0.289. The quantitative estimate of drug-likeness (QED) is 0.143. The average Bonchev–Trinajstić information content (AvgIpc) is 3.67. The highest BCUT2D eigenvalue weighted by Gasteiger charge is 2.56. The molecule has 2 aromatic heterocycles. The van der Waals surface area contributed by atoms with Crippen LogP contribution in [-0.2, 0) is 13.0 Å². The molecule has 238 valence electrons. The van der Waals surface area contributed by atoms with Gasteiger partial charge in [-0.05, 0) is 73.1 Å². The van der Waals surface area contributed by atoms with Crippen LogP contribution in [0.4, 0.5) is 17.6 Å². The van der Waals surface area contributed by atoms with Crippen molar-refractivity contribution in [1.82, 2.24) is 24.5 Å². The van der Waals surface area contributed by atoms with E-state index in [0.717, 1.165) is 33.6 Å². The first-order valence-electron chi connectivity index (χ1n) is 16.0. The molecule has 5 nitrogen and oxygen atoms in total. The summed E-state index contributed by atoms with van der Waals surface area (Å²) in [5, 5.41) is 13.8. The lowest BCUT2D eigenvalue weighted by Crippen LogP contribution is -2.44. The van der Waals surface area contributed by atoms with Crippen molar-refractivity contribution in [2.75, 3.05) is 0 Å². The Labute approximate surface area is 270 Å². The fourth-order valence-electron chi connectivity index (χ4n) is 8.21. The molecule has 2 heterocycles. The van der Waals surface area contributed by atoms with Gasteiger partial charge in [0.25, 0.3) is 0 Å². The molecule has 0 saturated heterocycles. The maximum Gasteiger partial charge on any atom is 0.392 e. The Kier molecular flexibility index (Phi) is 7.04. The normalized spacial score (nSPS) is 23.7. The van der Waals surface area contributed by atoms with Crippen molar-refractivity contribution >= 4 is 6.08 Å². The molecule has 0 radical (unpaired) electrons. The van der Waals surface area contributed by atoms with E-state index in [0.29, 0.717) is 37.5 Å². The van der Waals surface area contributed by atoms with Crippen molar-refractivity contribution in [2.45, 2.75) is 51.2 Å². The van der Waals surface area contributed by atoms with E-state index in [9.17, 15) is 4.39 Å². The highest BCUT2D eigenvalue weighted by molar-refractivity contribution is 5.64. The molecule has 0 amide bonds. The van der Waals surface area contributed by atoms with Crippen LogP contribution >= 0.6 is 0 Å². The van der Waals surface area contributed by atoms with Crippen molar-refractivity contribution in [2.24, 2.45) is 17.3 Å². The standard InChI is InChI=1S/C38H33F4N5/c1-37-21-26-22-43-47(29-15-13-28(39)14-16-29)33(26)20-27(37)12-17-30-31(37)18-19-32(38(40,41)42)34(30)36-45-44-35(25-10-6-3-7-11-25)46(36)23-24-8-4-2-5-9-24/h2-11,13-16,18,20,22,30,32,34H,12,17,19,21,23H2,1H3/t30-,32+,34+,37-/m0/s1. The molecule has 0 aliphatic heterocycles. The summed E-state index contributed by atoms with van der Waals surface area (Å²) in [6, 6.07) is 25.6. The number of alkyl halides is 3.